The molecule has 2 aromatic heterocycles. The summed E-state index contributed by atoms with van der Waals surface area (Å²) in [6.45, 7) is 3.42. The number of aromatic nitrogens is 5. The van der Waals surface area contributed by atoms with Crippen LogP contribution >= 0.6 is 0 Å². The lowest BCUT2D eigenvalue weighted by Crippen LogP contribution is -2.38. The van der Waals surface area contributed by atoms with Crippen LogP contribution in [0.2, 0.25) is 0 Å². The molecule has 4 heterocycles. The van der Waals surface area contributed by atoms with Crippen LogP contribution in [0.1, 0.15) is 30.9 Å². The van der Waals surface area contributed by atoms with Crippen molar-refractivity contribution in [1.82, 2.24) is 29.2 Å². The Labute approximate surface area is 134 Å². The van der Waals surface area contributed by atoms with Crippen molar-refractivity contribution in [3.05, 3.63) is 30.4 Å². The Kier molecular flexibility index (Phi) is 3.82. The van der Waals surface area contributed by atoms with Crippen LogP contribution in [0.25, 0.3) is 0 Å². The van der Waals surface area contributed by atoms with E-state index in [1.807, 2.05) is 15.7 Å². The molecule has 0 N–H and O–H groups in total. The van der Waals surface area contributed by atoms with Gasteiger partial charge in [0.15, 0.2) is 11.6 Å². The fourth-order valence-corrected chi connectivity index (χ4v) is 3.24. The highest BCUT2D eigenvalue weighted by atomic mass is 16.5. The van der Waals surface area contributed by atoms with E-state index in [1.165, 1.54) is 0 Å². The molecule has 122 valence electrons. The number of nitrogens with zero attached hydrogens (tertiary/aromatic N) is 6. The Morgan fingerprint density at radius 1 is 1.30 bits per heavy atom. The third-order valence-corrected chi connectivity index (χ3v) is 4.45. The summed E-state index contributed by atoms with van der Waals surface area (Å²) in [4.78, 5) is 18.5. The van der Waals surface area contributed by atoms with Gasteiger partial charge in [-0.05, 0) is 19.3 Å². The fourth-order valence-electron chi connectivity index (χ4n) is 3.24. The van der Waals surface area contributed by atoms with Crippen molar-refractivity contribution in [1.29, 1.82) is 0 Å². The second kappa shape index (κ2) is 6.11. The fraction of sp³-hybridized carbons (Fsp3) is 0.600. The van der Waals surface area contributed by atoms with E-state index < -0.39 is 0 Å². The van der Waals surface area contributed by atoms with Gasteiger partial charge in [-0.1, -0.05) is 0 Å². The van der Waals surface area contributed by atoms with Crippen LogP contribution in [-0.2, 0) is 29.2 Å². The summed E-state index contributed by atoms with van der Waals surface area (Å²) in [6.07, 6.45) is 7.86. The number of carbonyl (C=O) groups is 1. The lowest BCUT2D eigenvalue weighted by Gasteiger charge is -2.22. The monoisotopic (exact) mass is 316 g/mol. The van der Waals surface area contributed by atoms with E-state index >= 15 is 0 Å². The van der Waals surface area contributed by atoms with Crippen molar-refractivity contribution in [2.45, 2.75) is 45.0 Å². The number of imidazole rings is 1. The zero-order valence-electron chi connectivity index (χ0n) is 13.0. The summed E-state index contributed by atoms with van der Waals surface area (Å²) in [6, 6.07) is 0. The normalized spacial score (nSPS) is 21.2. The van der Waals surface area contributed by atoms with Gasteiger partial charge >= 0.3 is 0 Å². The van der Waals surface area contributed by atoms with Crippen LogP contribution in [0.5, 0.6) is 0 Å². The maximum absolute atomic E-state index is 12.6. The van der Waals surface area contributed by atoms with E-state index in [2.05, 4.69) is 19.7 Å². The van der Waals surface area contributed by atoms with Gasteiger partial charge in [0.1, 0.15) is 6.10 Å². The van der Waals surface area contributed by atoms with Gasteiger partial charge < -0.3 is 18.8 Å². The first kappa shape index (κ1) is 14.4. The van der Waals surface area contributed by atoms with Gasteiger partial charge in [-0.3, -0.25) is 4.79 Å². The lowest BCUT2D eigenvalue weighted by atomic mass is 10.2. The predicted octanol–water partition coefficient (Wildman–Crippen LogP) is 0.434. The zero-order valence-corrected chi connectivity index (χ0v) is 13.0. The molecular formula is C15H20N6O2. The average Bonchev–Trinajstić information content (AvgIpc) is 3.29. The lowest BCUT2D eigenvalue weighted by molar-refractivity contribution is -0.141. The van der Waals surface area contributed by atoms with Crippen LogP contribution in [0.3, 0.4) is 0 Å². The first-order valence-electron chi connectivity index (χ1n) is 8.08. The highest BCUT2D eigenvalue weighted by Crippen LogP contribution is 2.19. The first-order valence-corrected chi connectivity index (χ1v) is 8.08. The molecule has 0 saturated carbocycles. The minimum Gasteiger partial charge on any atom is -0.368 e. The molecule has 1 amide bonds. The van der Waals surface area contributed by atoms with Crippen molar-refractivity contribution >= 4 is 5.91 Å². The van der Waals surface area contributed by atoms with Crippen LogP contribution in [0.4, 0.5) is 0 Å². The van der Waals surface area contributed by atoms with Gasteiger partial charge in [-0.15, -0.1) is 10.2 Å². The summed E-state index contributed by atoms with van der Waals surface area (Å²) >= 11 is 0. The maximum Gasteiger partial charge on any atom is 0.252 e. The first-order chi connectivity index (χ1) is 11.3. The van der Waals surface area contributed by atoms with E-state index in [0.29, 0.717) is 19.7 Å². The number of amides is 1. The van der Waals surface area contributed by atoms with Crippen molar-refractivity contribution in [3.63, 3.8) is 0 Å². The SMILES string of the molecule is O=C([C@H]1CCCO1)N1CCCn2c(nnc2Cn2ccnc2)C1. The van der Waals surface area contributed by atoms with Crippen LogP contribution in [0, 0.1) is 0 Å². The summed E-state index contributed by atoms with van der Waals surface area (Å²) in [5.41, 5.74) is 0. The molecule has 0 aliphatic carbocycles. The Balaban J connectivity index is 1.51. The molecule has 0 bridgehead atoms. The minimum atomic E-state index is -0.269. The molecule has 1 atom stereocenters. The molecule has 0 unspecified atom stereocenters. The van der Waals surface area contributed by atoms with E-state index in [4.69, 9.17) is 4.74 Å². The molecule has 8 nitrogen and oxygen atoms in total. The molecule has 2 aliphatic rings. The van der Waals surface area contributed by atoms with E-state index in [9.17, 15) is 4.79 Å². The highest BCUT2D eigenvalue weighted by Gasteiger charge is 2.30. The quantitative estimate of drug-likeness (QED) is 0.821. The van der Waals surface area contributed by atoms with Crippen LogP contribution in [0.15, 0.2) is 18.7 Å². The number of ether oxygens (including phenoxy) is 1. The van der Waals surface area contributed by atoms with Gasteiger partial charge in [0, 0.05) is 32.1 Å². The van der Waals surface area contributed by atoms with Crippen molar-refractivity contribution in [3.8, 4) is 0 Å². The Bertz CT molecular complexity index is 674. The average molecular weight is 316 g/mol. The summed E-state index contributed by atoms with van der Waals surface area (Å²) in [5, 5.41) is 8.60. The molecule has 8 heteroatoms. The van der Waals surface area contributed by atoms with Crippen LogP contribution < -0.4 is 0 Å². The number of hydrogen-bond acceptors (Lipinski definition) is 5. The van der Waals surface area contributed by atoms with E-state index in [0.717, 1.165) is 44.0 Å². The molecular weight excluding hydrogens is 296 g/mol. The molecule has 1 fully saturated rings. The van der Waals surface area contributed by atoms with Crippen molar-refractivity contribution < 1.29 is 9.53 Å². The zero-order chi connectivity index (χ0) is 15.6. The smallest absolute Gasteiger partial charge is 0.252 e. The number of fused-ring (bicyclic) bond motifs is 1. The molecule has 0 spiro atoms. The maximum atomic E-state index is 12.6. The number of hydrogen-bond donors (Lipinski definition) is 0. The predicted molar refractivity (Wildman–Crippen MR) is 80.4 cm³/mol. The van der Waals surface area contributed by atoms with E-state index in [-0.39, 0.29) is 12.0 Å². The second-order valence-corrected chi connectivity index (χ2v) is 6.03. The highest BCUT2D eigenvalue weighted by molar-refractivity contribution is 5.81. The topological polar surface area (TPSA) is 78.1 Å². The van der Waals surface area contributed by atoms with E-state index in [1.54, 1.807) is 12.5 Å². The molecule has 4 rings (SSSR count). The Morgan fingerprint density at radius 3 is 3.04 bits per heavy atom. The van der Waals surface area contributed by atoms with Crippen LogP contribution in [-0.4, -0.2) is 54.4 Å². The molecule has 23 heavy (non-hydrogen) atoms. The number of rotatable bonds is 3. The largest absolute Gasteiger partial charge is 0.368 e. The molecule has 0 radical (unpaired) electrons. The van der Waals surface area contributed by atoms with Gasteiger partial charge in [0.25, 0.3) is 5.91 Å². The standard InChI is InChI=1S/C15H20N6O2/c22-15(12-3-1-8-23-12)20-5-2-6-21-13(17-18-14(21)10-20)9-19-7-4-16-11-19/h4,7,11-12H,1-3,5-6,8-10H2/t12-/m1/s1. The van der Waals surface area contributed by atoms with Gasteiger partial charge in [-0.25, -0.2) is 4.98 Å². The Morgan fingerprint density at radius 2 is 2.26 bits per heavy atom. The third-order valence-electron chi connectivity index (χ3n) is 4.45. The Hall–Kier alpha value is -2.22. The van der Waals surface area contributed by atoms with Gasteiger partial charge in [0.2, 0.25) is 0 Å². The molecule has 1 saturated heterocycles. The van der Waals surface area contributed by atoms with Gasteiger partial charge in [-0.2, -0.15) is 0 Å². The number of carbonyl (C=O) groups excluding carboxylic acids is 1. The van der Waals surface area contributed by atoms with Crippen molar-refractivity contribution in [2.75, 3.05) is 13.2 Å². The molecule has 2 aromatic rings. The second-order valence-electron chi connectivity index (χ2n) is 6.03. The third kappa shape index (κ3) is 2.86. The molecule has 2 aliphatic heterocycles. The summed E-state index contributed by atoms with van der Waals surface area (Å²) < 4.78 is 9.63. The van der Waals surface area contributed by atoms with Crippen molar-refractivity contribution in [2.24, 2.45) is 0 Å². The van der Waals surface area contributed by atoms with Gasteiger partial charge in [0.05, 0.1) is 19.4 Å². The summed E-state index contributed by atoms with van der Waals surface area (Å²) in [7, 11) is 0. The summed E-state index contributed by atoms with van der Waals surface area (Å²) in [5.74, 6) is 1.85. The minimum absolute atomic E-state index is 0.0927. The molecule has 0 aromatic carbocycles.